The van der Waals surface area contributed by atoms with Crippen molar-refractivity contribution in [2.45, 2.75) is 53.0 Å². The summed E-state index contributed by atoms with van der Waals surface area (Å²) in [6, 6.07) is 11.2. The summed E-state index contributed by atoms with van der Waals surface area (Å²) in [5, 5.41) is 3.26. The maximum absolute atomic E-state index is 13.6. The highest BCUT2D eigenvalue weighted by Crippen LogP contribution is 2.53. The van der Waals surface area contributed by atoms with Crippen LogP contribution >= 0.6 is 11.6 Å². The van der Waals surface area contributed by atoms with Gasteiger partial charge in [0.2, 0.25) is 5.91 Å². The van der Waals surface area contributed by atoms with Crippen LogP contribution in [0.1, 0.15) is 57.3 Å². The number of rotatable bonds is 4. The van der Waals surface area contributed by atoms with Crippen molar-refractivity contribution in [3.05, 3.63) is 47.0 Å². The zero-order chi connectivity index (χ0) is 23.3. The number of benzene rings is 2. The summed E-state index contributed by atoms with van der Waals surface area (Å²) in [5.74, 6) is 0.346. The van der Waals surface area contributed by atoms with E-state index in [1.807, 2.05) is 35.2 Å². The molecular formula is C26H31ClN2O3. The Kier molecular flexibility index (Phi) is 5.74. The predicted octanol–water partition coefficient (Wildman–Crippen LogP) is 6.01. The molecule has 0 spiro atoms. The van der Waals surface area contributed by atoms with Crippen molar-refractivity contribution in [2.75, 3.05) is 19.0 Å². The van der Waals surface area contributed by atoms with Gasteiger partial charge in [-0.15, -0.1) is 0 Å². The molecule has 5 nitrogen and oxygen atoms in total. The number of fused-ring (bicyclic) bond motifs is 2. The average Bonchev–Trinajstić information content (AvgIpc) is 2.95. The van der Waals surface area contributed by atoms with Gasteiger partial charge in [0.05, 0.1) is 12.7 Å². The molecule has 2 aromatic rings. The smallest absolute Gasteiger partial charge is 0.257 e. The van der Waals surface area contributed by atoms with Crippen molar-refractivity contribution < 1.29 is 14.3 Å². The number of amides is 2. The minimum atomic E-state index is -0.139. The van der Waals surface area contributed by atoms with E-state index in [2.05, 4.69) is 26.1 Å². The topological polar surface area (TPSA) is 58.6 Å². The van der Waals surface area contributed by atoms with E-state index in [0.717, 1.165) is 36.9 Å². The number of likely N-dealkylation sites (tertiary alicyclic amines) is 1. The minimum absolute atomic E-state index is 0.0197. The van der Waals surface area contributed by atoms with E-state index in [4.69, 9.17) is 16.3 Å². The first-order valence-corrected chi connectivity index (χ1v) is 11.4. The monoisotopic (exact) mass is 454 g/mol. The van der Waals surface area contributed by atoms with E-state index in [0.29, 0.717) is 22.0 Å². The fourth-order valence-corrected chi connectivity index (χ4v) is 6.20. The average molecular weight is 455 g/mol. The van der Waals surface area contributed by atoms with Crippen LogP contribution < -0.4 is 10.1 Å². The number of halogens is 1. The number of ether oxygens (including phenoxy) is 1. The second-order valence-electron chi connectivity index (χ2n) is 10.4. The second kappa shape index (κ2) is 8.11. The summed E-state index contributed by atoms with van der Waals surface area (Å²) in [4.78, 5) is 27.1. The van der Waals surface area contributed by atoms with Gasteiger partial charge in [-0.2, -0.15) is 0 Å². The Balaban J connectivity index is 1.68. The first-order valence-electron chi connectivity index (χ1n) is 11.1. The van der Waals surface area contributed by atoms with Crippen LogP contribution in [0.3, 0.4) is 0 Å². The Hall–Kier alpha value is -2.53. The molecule has 0 unspecified atom stereocenters. The normalized spacial score (nSPS) is 23.7. The van der Waals surface area contributed by atoms with E-state index in [1.54, 1.807) is 13.2 Å². The summed E-state index contributed by atoms with van der Waals surface area (Å²) in [7, 11) is 1.57. The van der Waals surface area contributed by atoms with Gasteiger partial charge in [-0.25, -0.2) is 0 Å². The fourth-order valence-electron chi connectivity index (χ4n) is 5.93. The molecule has 0 radical (unpaired) electrons. The van der Waals surface area contributed by atoms with E-state index in [-0.39, 0.29) is 28.7 Å². The number of hydrogen-bond donors (Lipinski definition) is 1. The molecule has 2 amide bonds. The van der Waals surface area contributed by atoms with Gasteiger partial charge in [0.15, 0.2) is 0 Å². The Bertz CT molecular complexity index is 1080. The van der Waals surface area contributed by atoms with Crippen molar-refractivity contribution in [1.29, 1.82) is 0 Å². The van der Waals surface area contributed by atoms with Crippen molar-refractivity contribution in [1.82, 2.24) is 4.90 Å². The SMILES string of the molecule is COc1cc(-c2cccc(NC(C)=O)c2)c(Cl)cc1C(=O)N1C[C@]2(C)C[C@H]1CC(C)(C)C2. The van der Waals surface area contributed by atoms with Gasteiger partial charge in [0.25, 0.3) is 5.91 Å². The van der Waals surface area contributed by atoms with E-state index >= 15 is 0 Å². The molecule has 2 bridgehead atoms. The third-order valence-corrected chi connectivity index (χ3v) is 7.00. The fraction of sp³-hybridized carbons (Fsp3) is 0.462. The molecule has 1 saturated heterocycles. The van der Waals surface area contributed by atoms with E-state index < -0.39 is 0 Å². The number of nitrogens with one attached hydrogen (secondary N) is 1. The van der Waals surface area contributed by atoms with Crippen LogP contribution in [0.15, 0.2) is 36.4 Å². The summed E-state index contributed by atoms with van der Waals surface area (Å²) in [6.45, 7) is 9.13. The molecule has 0 aromatic heterocycles. The van der Waals surface area contributed by atoms with Gasteiger partial charge in [0.1, 0.15) is 5.75 Å². The lowest BCUT2D eigenvalue weighted by molar-refractivity contribution is -0.114. The lowest BCUT2D eigenvalue weighted by Crippen LogP contribution is -2.37. The second-order valence-corrected chi connectivity index (χ2v) is 10.8. The number of nitrogens with zero attached hydrogens (tertiary/aromatic N) is 1. The molecule has 32 heavy (non-hydrogen) atoms. The number of hydrogen-bond acceptors (Lipinski definition) is 3. The largest absolute Gasteiger partial charge is 0.496 e. The number of carbonyl (C=O) groups is 2. The molecule has 4 rings (SSSR count). The summed E-state index contributed by atoms with van der Waals surface area (Å²) >= 11 is 6.67. The number of methoxy groups -OCH3 is 1. The van der Waals surface area contributed by atoms with Crippen LogP contribution in [0.25, 0.3) is 11.1 Å². The maximum Gasteiger partial charge on any atom is 0.257 e. The van der Waals surface area contributed by atoms with Crippen molar-refractivity contribution in [3.8, 4) is 16.9 Å². The third-order valence-electron chi connectivity index (χ3n) is 6.69. The van der Waals surface area contributed by atoms with Gasteiger partial charge >= 0.3 is 0 Å². The van der Waals surface area contributed by atoms with Crippen LogP contribution in [0.5, 0.6) is 5.75 Å². The molecule has 1 heterocycles. The molecular weight excluding hydrogens is 424 g/mol. The molecule has 1 saturated carbocycles. The third kappa shape index (κ3) is 4.36. The molecule has 170 valence electrons. The molecule has 2 aliphatic rings. The molecule has 2 atom stereocenters. The van der Waals surface area contributed by atoms with Gasteiger partial charge in [0, 0.05) is 35.8 Å². The first kappa shape index (κ1) is 22.7. The summed E-state index contributed by atoms with van der Waals surface area (Å²) < 4.78 is 5.64. The summed E-state index contributed by atoms with van der Waals surface area (Å²) in [5.41, 5.74) is 3.16. The quantitative estimate of drug-likeness (QED) is 0.614. The molecule has 2 aromatic carbocycles. The van der Waals surface area contributed by atoms with E-state index in [9.17, 15) is 9.59 Å². The van der Waals surface area contributed by atoms with Crippen molar-refractivity contribution in [2.24, 2.45) is 10.8 Å². The first-order chi connectivity index (χ1) is 15.0. The highest BCUT2D eigenvalue weighted by molar-refractivity contribution is 6.34. The molecule has 1 aliphatic heterocycles. The van der Waals surface area contributed by atoms with Crippen molar-refractivity contribution in [3.63, 3.8) is 0 Å². The zero-order valence-corrected chi connectivity index (χ0v) is 20.2. The lowest BCUT2D eigenvalue weighted by atomic mass is 9.65. The molecule has 6 heteroatoms. The molecule has 1 aliphatic carbocycles. The van der Waals surface area contributed by atoms with Gasteiger partial charge in [-0.05, 0) is 59.9 Å². The van der Waals surface area contributed by atoms with Gasteiger partial charge < -0.3 is 15.0 Å². The van der Waals surface area contributed by atoms with Gasteiger partial charge in [-0.1, -0.05) is 44.5 Å². The summed E-state index contributed by atoms with van der Waals surface area (Å²) in [6.07, 6.45) is 3.19. The Morgan fingerprint density at radius 1 is 1.16 bits per heavy atom. The Morgan fingerprint density at radius 3 is 2.59 bits per heavy atom. The van der Waals surface area contributed by atoms with Crippen LogP contribution in [-0.2, 0) is 4.79 Å². The predicted molar refractivity (Wildman–Crippen MR) is 128 cm³/mol. The minimum Gasteiger partial charge on any atom is -0.496 e. The van der Waals surface area contributed by atoms with Crippen LogP contribution in [0, 0.1) is 10.8 Å². The van der Waals surface area contributed by atoms with Crippen LogP contribution in [0.2, 0.25) is 5.02 Å². The maximum atomic E-state index is 13.6. The highest BCUT2D eigenvalue weighted by atomic mass is 35.5. The van der Waals surface area contributed by atoms with Crippen molar-refractivity contribution >= 4 is 29.1 Å². The van der Waals surface area contributed by atoms with Gasteiger partial charge in [-0.3, -0.25) is 9.59 Å². The Labute approximate surface area is 195 Å². The van der Waals surface area contributed by atoms with Crippen LogP contribution in [0.4, 0.5) is 5.69 Å². The lowest BCUT2D eigenvalue weighted by Gasteiger charge is -2.39. The highest BCUT2D eigenvalue weighted by Gasteiger charge is 2.51. The Morgan fingerprint density at radius 2 is 1.91 bits per heavy atom. The zero-order valence-electron chi connectivity index (χ0n) is 19.4. The van der Waals surface area contributed by atoms with Crippen LogP contribution in [-0.4, -0.2) is 36.4 Å². The van der Waals surface area contributed by atoms with E-state index in [1.165, 1.54) is 6.92 Å². The number of carbonyl (C=O) groups excluding carboxylic acids is 2. The standard InChI is InChI=1S/C26H31ClN2O3/c1-16(30)28-18-8-6-7-17(9-18)20-11-23(32-5)21(10-22(20)27)24(31)29-15-26(4)13-19(29)12-25(2,3)14-26/h6-11,19H,12-15H2,1-5H3,(H,28,30)/t19-,26-/m1/s1. The molecule has 1 N–H and O–H groups in total. The molecule has 2 fully saturated rings. The number of anilines is 1.